The topological polar surface area (TPSA) is 104 Å². The zero-order chi connectivity index (χ0) is 29.9. The minimum absolute atomic E-state index is 0.684. The molecule has 0 saturated heterocycles. The largest absolute Gasteiger partial charge is 0.398 e. The number of fused-ring (bicyclic) bond motifs is 4. The van der Waals surface area contributed by atoms with Gasteiger partial charge in [-0.1, -0.05) is 109 Å². The van der Waals surface area contributed by atoms with Crippen LogP contribution < -0.4 is 22.9 Å². The molecule has 210 valence electrons. The van der Waals surface area contributed by atoms with Crippen LogP contribution >= 0.6 is 0 Å². The standard InChI is InChI=1S/C40H30N4/c41-33-13-5-11-26-25(19-21-35(43)39(26)33)23-15-17-24(18-16-23)37-27-7-1-3-9-29(27)38(30-10-4-2-8-28(30)37)32-20-22-36(44)40-31(32)12-6-14-34(40)42/h1-22H,41-44H2. The summed E-state index contributed by atoms with van der Waals surface area (Å²) in [4.78, 5) is 0. The third-order valence-corrected chi connectivity index (χ3v) is 8.90. The van der Waals surface area contributed by atoms with Gasteiger partial charge in [0.1, 0.15) is 0 Å². The van der Waals surface area contributed by atoms with Crippen LogP contribution in [-0.2, 0) is 0 Å². The first-order valence-electron chi connectivity index (χ1n) is 14.7. The van der Waals surface area contributed by atoms with E-state index in [4.69, 9.17) is 22.9 Å². The van der Waals surface area contributed by atoms with Crippen molar-refractivity contribution in [2.45, 2.75) is 0 Å². The van der Waals surface area contributed by atoms with E-state index in [-0.39, 0.29) is 0 Å². The maximum absolute atomic E-state index is 6.44. The Labute approximate surface area is 255 Å². The number of nitrogens with two attached hydrogens (primary N) is 4. The summed E-state index contributed by atoms with van der Waals surface area (Å²) >= 11 is 0. The van der Waals surface area contributed by atoms with Crippen molar-refractivity contribution in [3.05, 3.63) is 133 Å². The van der Waals surface area contributed by atoms with Crippen LogP contribution in [0.15, 0.2) is 133 Å². The van der Waals surface area contributed by atoms with Gasteiger partial charge in [-0.2, -0.15) is 0 Å². The smallest absolute Gasteiger partial charge is 0.0415 e. The van der Waals surface area contributed by atoms with Gasteiger partial charge in [-0.05, 0) is 90.0 Å². The summed E-state index contributed by atoms with van der Waals surface area (Å²) in [6, 6.07) is 46.2. The summed E-state index contributed by atoms with van der Waals surface area (Å²) in [6.07, 6.45) is 0. The zero-order valence-corrected chi connectivity index (χ0v) is 24.0. The van der Waals surface area contributed by atoms with Gasteiger partial charge in [0.15, 0.2) is 0 Å². The molecule has 8 aromatic carbocycles. The number of rotatable bonds is 3. The molecule has 44 heavy (non-hydrogen) atoms. The van der Waals surface area contributed by atoms with E-state index in [9.17, 15) is 0 Å². The highest BCUT2D eigenvalue weighted by molar-refractivity contribution is 6.24. The molecule has 8 rings (SSSR count). The lowest BCUT2D eigenvalue weighted by molar-refractivity contribution is 1.63. The van der Waals surface area contributed by atoms with Crippen molar-refractivity contribution in [3.8, 4) is 33.4 Å². The second-order valence-corrected chi connectivity index (χ2v) is 11.4. The van der Waals surface area contributed by atoms with Crippen molar-refractivity contribution in [3.63, 3.8) is 0 Å². The molecule has 4 nitrogen and oxygen atoms in total. The van der Waals surface area contributed by atoms with Gasteiger partial charge in [0, 0.05) is 33.5 Å². The monoisotopic (exact) mass is 566 g/mol. The number of hydrogen-bond donors (Lipinski definition) is 4. The van der Waals surface area contributed by atoms with Crippen molar-refractivity contribution in [2.75, 3.05) is 22.9 Å². The summed E-state index contributed by atoms with van der Waals surface area (Å²) in [6.45, 7) is 0. The number of benzene rings is 8. The molecular weight excluding hydrogens is 536 g/mol. The predicted octanol–water partition coefficient (Wildman–Crippen LogP) is 9.63. The zero-order valence-electron chi connectivity index (χ0n) is 24.0. The summed E-state index contributed by atoms with van der Waals surface area (Å²) < 4.78 is 0. The van der Waals surface area contributed by atoms with E-state index in [0.29, 0.717) is 22.7 Å². The Hall–Kier alpha value is -6.00. The van der Waals surface area contributed by atoms with E-state index in [0.717, 1.165) is 43.8 Å². The first-order chi connectivity index (χ1) is 21.5. The second-order valence-electron chi connectivity index (χ2n) is 11.4. The molecule has 0 saturated carbocycles. The van der Waals surface area contributed by atoms with Crippen molar-refractivity contribution in [1.29, 1.82) is 0 Å². The Bertz CT molecular complexity index is 2350. The maximum Gasteiger partial charge on any atom is 0.0415 e. The molecule has 0 aromatic heterocycles. The average molecular weight is 567 g/mol. The van der Waals surface area contributed by atoms with Crippen molar-refractivity contribution < 1.29 is 0 Å². The molecule has 8 aromatic rings. The highest BCUT2D eigenvalue weighted by atomic mass is 14.6. The highest BCUT2D eigenvalue weighted by Gasteiger charge is 2.19. The molecule has 0 aliphatic carbocycles. The molecule has 0 atom stereocenters. The SMILES string of the molecule is Nc1cccc2c(-c3ccc(-c4c5ccccc5c(-c5ccc(N)c6c(N)cccc56)c5ccccc45)cc3)ccc(N)c12. The Morgan fingerprint density at radius 2 is 0.659 bits per heavy atom. The van der Waals surface area contributed by atoms with Gasteiger partial charge < -0.3 is 22.9 Å². The highest BCUT2D eigenvalue weighted by Crippen LogP contribution is 2.46. The lowest BCUT2D eigenvalue weighted by atomic mass is 9.84. The van der Waals surface area contributed by atoms with E-state index >= 15 is 0 Å². The molecule has 0 spiro atoms. The fourth-order valence-corrected chi connectivity index (χ4v) is 6.94. The molecule has 0 amide bonds. The van der Waals surface area contributed by atoms with Crippen molar-refractivity contribution in [1.82, 2.24) is 0 Å². The summed E-state index contributed by atoms with van der Waals surface area (Å²) in [5.41, 5.74) is 35.1. The molecule has 0 aliphatic heterocycles. The lowest BCUT2D eigenvalue weighted by Gasteiger charge is -2.19. The molecule has 0 aliphatic rings. The fraction of sp³-hybridized carbons (Fsp3) is 0. The third-order valence-electron chi connectivity index (χ3n) is 8.90. The molecule has 4 heteroatoms. The quantitative estimate of drug-likeness (QED) is 0.126. The van der Waals surface area contributed by atoms with Gasteiger partial charge in [-0.15, -0.1) is 0 Å². The number of hydrogen-bond acceptors (Lipinski definition) is 4. The van der Waals surface area contributed by atoms with Gasteiger partial charge in [-0.3, -0.25) is 0 Å². The number of anilines is 4. The molecular formula is C40H30N4. The van der Waals surface area contributed by atoms with Crippen LogP contribution in [0.25, 0.3) is 76.5 Å². The molecule has 0 fully saturated rings. The van der Waals surface area contributed by atoms with Gasteiger partial charge >= 0.3 is 0 Å². The summed E-state index contributed by atoms with van der Waals surface area (Å²) in [5, 5.41) is 8.64. The Kier molecular flexibility index (Phi) is 5.71. The first kappa shape index (κ1) is 25.7. The van der Waals surface area contributed by atoms with Crippen LogP contribution in [0.5, 0.6) is 0 Å². The Morgan fingerprint density at radius 3 is 1.18 bits per heavy atom. The average Bonchev–Trinajstić information content (AvgIpc) is 3.04. The van der Waals surface area contributed by atoms with Crippen LogP contribution in [0.4, 0.5) is 22.7 Å². The predicted molar refractivity (Wildman–Crippen MR) is 190 cm³/mol. The van der Waals surface area contributed by atoms with Gasteiger partial charge in [0.2, 0.25) is 0 Å². The molecule has 0 radical (unpaired) electrons. The second kappa shape index (κ2) is 9.79. The lowest BCUT2D eigenvalue weighted by Crippen LogP contribution is -1.96. The number of nitrogen functional groups attached to an aromatic ring is 4. The van der Waals surface area contributed by atoms with Crippen molar-refractivity contribution in [2.24, 2.45) is 0 Å². The van der Waals surface area contributed by atoms with Crippen molar-refractivity contribution >= 4 is 65.8 Å². The van der Waals surface area contributed by atoms with Crippen LogP contribution in [0.1, 0.15) is 0 Å². The van der Waals surface area contributed by atoms with Crippen LogP contribution in [0.2, 0.25) is 0 Å². The van der Waals surface area contributed by atoms with E-state index in [1.807, 2.05) is 36.4 Å². The van der Waals surface area contributed by atoms with Gasteiger partial charge in [0.25, 0.3) is 0 Å². The van der Waals surface area contributed by atoms with E-state index in [1.165, 1.54) is 32.7 Å². The van der Waals surface area contributed by atoms with E-state index < -0.39 is 0 Å². The Morgan fingerprint density at radius 1 is 0.273 bits per heavy atom. The van der Waals surface area contributed by atoms with Crippen LogP contribution in [0, 0.1) is 0 Å². The van der Waals surface area contributed by atoms with Gasteiger partial charge in [0.05, 0.1) is 0 Å². The summed E-state index contributed by atoms with van der Waals surface area (Å²) in [7, 11) is 0. The molecule has 0 bridgehead atoms. The van der Waals surface area contributed by atoms with Crippen LogP contribution in [0.3, 0.4) is 0 Å². The molecule has 0 unspecified atom stereocenters. The normalized spacial score (nSPS) is 11.5. The minimum Gasteiger partial charge on any atom is -0.398 e. The fourth-order valence-electron chi connectivity index (χ4n) is 6.94. The first-order valence-corrected chi connectivity index (χ1v) is 14.7. The molecule has 0 heterocycles. The molecule has 8 N–H and O–H groups in total. The Balaban J connectivity index is 1.38. The summed E-state index contributed by atoms with van der Waals surface area (Å²) in [5.74, 6) is 0. The minimum atomic E-state index is 0.684. The third kappa shape index (κ3) is 3.78. The van der Waals surface area contributed by atoms with E-state index in [1.54, 1.807) is 0 Å². The maximum atomic E-state index is 6.44. The van der Waals surface area contributed by atoms with Gasteiger partial charge in [-0.25, -0.2) is 0 Å². The van der Waals surface area contributed by atoms with E-state index in [2.05, 4.69) is 97.1 Å². The van der Waals surface area contributed by atoms with Crippen LogP contribution in [-0.4, -0.2) is 0 Å².